The minimum Gasteiger partial charge on any atom is -0.330 e. The summed E-state index contributed by atoms with van der Waals surface area (Å²) < 4.78 is 25.7. The lowest BCUT2D eigenvalue weighted by molar-refractivity contribution is 0.405. The van der Waals surface area contributed by atoms with Crippen molar-refractivity contribution in [1.29, 1.82) is 0 Å². The van der Waals surface area contributed by atoms with Crippen LogP contribution in [0.15, 0.2) is 60.8 Å². The molecule has 1 heterocycles. The molecule has 6 nitrogen and oxygen atoms in total. The van der Waals surface area contributed by atoms with Gasteiger partial charge in [-0.05, 0) is 56.0 Å². The maximum Gasteiger partial charge on any atom is 0.211 e. The molecule has 0 aliphatic heterocycles. The zero-order valence-corrected chi connectivity index (χ0v) is 19.7. The van der Waals surface area contributed by atoms with Crippen molar-refractivity contribution in [2.24, 2.45) is 5.73 Å². The van der Waals surface area contributed by atoms with Crippen LogP contribution in [0, 0.1) is 6.92 Å². The van der Waals surface area contributed by atoms with Gasteiger partial charge in [-0.2, -0.15) is 4.31 Å². The highest BCUT2D eigenvalue weighted by atomic mass is 32.2. The van der Waals surface area contributed by atoms with E-state index >= 15 is 0 Å². The first-order valence-corrected chi connectivity index (χ1v) is 12.8. The largest absolute Gasteiger partial charge is 0.330 e. The van der Waals surface area contributed by atoms with E-state index in [1.807, 2.05) is 30.3 Å². The number of aromatic nitrogens is 2. The van der Waals surface area contributed by atoms with E-state index in [1.54, 1.807) is 6.20 Å². The molecule has 2 N–H and O–H groups in total. The molecule has 0 spiro atoms. The second-order valence-electron chi connectivity index (χ2n) is 8.14. The van der Waals surface area contributed by atoms with Crippen LogP contribution in [0.1, 0.15) is 35.4 Å². The minimum absolute atomic E-state index is 0.321. The topological polar surface area (TPSA) is 89.2 Å². The van der Waals surface area contributed by atoms with Crippen LogP contribution in [-0.2, 0) is 29.4 Å². The monoisotopic (exact) mass is 452 g/mol. The summed E-state index contributed by atoms with van der Waals surface area (Å²) in [5, 5.41) is 0. The molecule has 7 heteroatoms. The Morgan fingerprint density at radius 1 is 0.969 bits per heavy atom. The van der Waals surface area contributed by atoms with Gasteiger partial charge in [-0.1, -0.05) is 48.0 Å². The zero-order chi connectivity index (χ0) is 23.0. The highest BCUT2D eigenvalue weighted by Gasteiger charge is 2.16. The lowest BCUT2D eigenvalue weighted by Crippen LogP contribution is -2.31. The van der Waals surface area contributed by atoms with Crippen molar-refractivity contribution in [1.82, 2.24) is 14.3 Å². The summed E-state index contributed by atoms with van der Waals surface area (Å²) in [6.07, 6.45) is 6.44. The van der Waals surface area contributed by atoms with Gasteiger partial charge in [-0.3, -0.25) is 0 Å². The molecule has 1 aromatic heterocycles. The van der Waals surface area contributed by atoms with Crippen molar-refractivity contribution >= 4 is 10.0 Å². The lowest BCUT2D eigenvalue weighted by Gasteiger charge is -2.20. The van der Waals surface area contributed by atoms with Crippen molar-refractivity contribution < 1.29 is 8.42 Å². The fraction of sp³-hybridized carbons (Fsp3) is 0.360. The third-order valence-corrected chi connectivity index (χ3v) is 6.60. The number of aryl methyl sites for hydroxylation is 3. The molecule has 3 aromatic rings. The number of nitrogens with zero attached hydrogens (tertiary/aromatic N) is 3. The van der Waals surface area contributed by atoms with Crippen LogP contribution in [0.4, 0.5) is 0 Å². The maximum atomic E-state index is 12.1. The number of hydrogen-bond donors (Lipinski definition) is 1. The highest BCUT2D eigenvalue weighted by Crippen LogP contribution is 2.20. The summed E-state index contributed by atoms with van der Waals surface area (Å²) >= 11 is 0. The summed E-state index contributed by atoms with van der Waals surface area (Å²) in [6, 6.07) is 18.4. The number of benzene rings is 2. The average molecular weight is 453 g/mol. The molecule has 0 saturated carbocycles. The smallest absolute Gasteiger partial charge is 0.211 e. The Morgan fingerprint density at radius 3 is 2.47 bits per heavy atom. The first kappa shape index (κ1) is 24.0. The Bertz CT molecular complexity index is 1110. The van der Waals surface area contributed by atoms with Crippen molar-refractivity contribution in [3.8, 4) is 11.3 Å². The summed E-state index contributed by atoms with van der Waals surface area (Å²) in [4.78, 5) is 9.18. The lowest BCUT2D eigenvalue weighted by atomic mass is 10.1. The normalized spacial score (nSPS) is 11.8. The van der Waals surface area contributed by atoms with E-state index in [0.29, 0.717) is 26.1 Å². The Balaban J connectivity index is 1.68. The summed E-state index contributed by atoms with van der Waals surface area (Å²) in [6.45, 7) is 3.29. The molecule has 0 unspecified atom stereocenters. The predicted molar refractivity (Wildman–Crippen MR) is 130 cm³/mol. The van der Waals surface area contributed by atoms with Crippen LogP contribution in [-0.4, -0.2) is 42.0 Å². The van der Waals surface area contributed by atoms with Crippen molar-refractivity contribution in [2.45, 2.75) is 39.2 Å². The van der Waals surface area contributed by atoms with Crippen LogP contribution in [0.5, 0.6) is 0 Å². The molecule has 170 valence electrons. The van der Waals surface area contributed by atoms with E-state index in [2.05, 4.69) is 36.2 Å². The molecule has 0 aliphatic rings. The Morgan fingerprint density at radius 2 is 1.75 bits per heavy atom. The molecule has 0 amide bonds. The van der Waals surface area contributed by atoms with Gasteiger partial charge in [0.25, 0.3) is 0 Å². The Hall–Kier alpha value is -2.61. The standard InChI is InChI=1S/C25H32N4O2S/c1-20-10-12-21(13-11-20)6-4-9-25-27-16-14-24(28-25)23-8-3-7-22(18-23)19-29(17-5-15-26)32(2,30)31/h3,7-8,10-14,16,18H,4-6,9,15,17,19,26H2,1-2H3. The van der Waals surface area contributed by atoms with Gasteiger partial charge >= 0.3 is 0 Å². The van der Waals surface area contributed by atoms with E-state index in [0.717, 1.165) is 41.9 Å². The molecule has 0 bridgehead atoms. The quantitative estimate of drug-likeness (QED) is 0.479. The van der Waals surface area contributed by atoms with Crippen LogP contribution in [0.25, 0.3) is 11.3 Å². The van der Waals surface area contributed by atoms with Gasteiger partial charge in [0, 0.05) is 31.3 Å². The summed E-state index contributed by atoms with van der Waals surface area (Å²) in [5.41, 5.74) is 10.9. The molecule has 0 fully saturated rings. The molecule has 32 heavy (non-hydrogen) atoms. The van der Waals surface area contributed by atoms with E-state index in [1.165, 1.54) is 21.7 Å². The number of sulfonamides is 1. The van der Waals surface area contributed by atoms with Crippen LogP contribution in [0.2, 0.25) is 0 Å². The van der Waals surface area contributed by atoms with E-state index in [-0.39, 0.29) is 0 Å². The fourth-order valence-electron chi connectivity index (χ4n) is 3.55. The van der Waals surface area contributed by atoms with Gasteiger partial charge < -0.3 is 5.73 Å². The van der Waals surface area contributed by atoms with Gasteiger partial charge in [0.2, 0.25) is 10.0 Å². The highest BCUT2D eigenvalue weighted by molar-refractivity contribution is 7.88. The van der Waals surface area contributed by atoms with Crippen molar-refractivity contribution in [3.63, 3.8) is 0 Å². The van der Waals surface area contributed by atoms with Crippen LogP contribution >= 0.6 is 0 Å². The van der Waals surface area contributed by atoms with Gasteiger partial charge in [-0.15, -0.1) is 0 Å². The Kier molecular flexibility index (Phi) is 8.50. The maximum absolute atomic E-state index is 12.1. The molecule has 2 aromatic carbocycles. The molecular formula is C25H32N4O2S. The van der Waals surface area contributed by atoms with E-state index < -0.39 is 10.0 Å². The molecule has 3 rings (SSSR count). The number of hydrogen-bond acceptors (Lipinski definition) is 5. The van der Waals surface area contributed by atoms with E-state index in [4.69, 9.17) is 10.7 Å². The van der Waals surface area contributed by atoms with Crippen LogP contribution in [0.3, 0.4) is 0 Å². The number of rotatable bonds is 11. The van der Waals surface area contributed by atoms with Crippen molar-refractivity contribution in [2.75, 3.05) is 19.3 Å². The second-order valence-corrected chi connectivity index (χ2v) is 10.1. The third kappa shape index (κ3) is 7.22. The minimum atomic E-state index is -3.30. The first-order valence-electron chi connectivity index (χ1n) is 11.0. The average Bonchev–Trinajstić information content (AvgIpc) is 2.78. The van der Waals surface area contributed by atoms with Crippen LogP contribution < -0.4 is 5.73 Å². The van der Waals surface area contributed by atoms with Gasteiger partial charge in [0.05, 0.1) is 11.9 Å². The molecule has 0 atom stereocenters. The molecular weight excluding hydrogens is 420 g/mol. The van der Waals surface area contributed by atoms with Gasteiger partial charge in [0.1, 0.15) is 5.82 Å². The predicted octanol–water partition coefficient (Wildman–Crippen LogP) is 3.74. The van der Waals surface area contributed by atoms with Crippen molar-refractivity contribution in [3.05, 3.63) is 83.3 Å². The SMILES string of the molecule is Cc1ccc(CCCc2nccc(-c3cccc(CN(CCCN)S(C)(=O)=O)c3)n2)cc1. The first-order chi connectivity index (χ1) is 15.3. The summed E-state index contributed by atoms with van der Waals surface area (Å²) in [5.74, 6) is 0.820. The molecule has 0 radical (unpaired) electrons. The molecule has 0 saturated heterocycles. The van der Waals surface area contributed by atoms with Gasteiger partial charge in [-0.25, -0.2) is 18.4 Å². The second kappa shape index (κ2) is 11.3. The molecule has 0 aliphatic carbocycles. The Labute approximate surface area is 191 Å². The summed E-state index contributed by atoms with van der Waals surface area (Å²) in [7, 11) is -3.30. The fourth-order valence-corrected chi connectivity index (χ4v) is 4.39. The third-order valence-electron chi connectivity index (χ3n) is 5.35. The van der Waals surface area contributed by atoms with E-state index in [9.17, 15) is 8.42 Å². The van der Waals surface area contributed by atoms with Gasteiger partial charge in [0.15, 0.2) is 0 Å². The number of nitrogens with two attached hydrogens (primary N) is 1. The zero-order valence-electron chi connectivity index (χ0n) is 18.9.